The van der Waals surface area contributed by atoms with Gasteiger partial charge >= 0.3 is 99.9 Å². The molecule has 0 aliphatic rings. The number of hydrogen-bond acceptors (Lipinski definition) is 1. The van der Waals surface area contributed by atoms with Gasteiger partial charge in [-0.3, -0.25) is 0 Å². The van der Waals surface area contributed by atoms with E-state index >= 15 is 0 Å². The molecule has 16 heavy (non-hydrogen) atoms. The van der Waals surface area contributed by atoms with E-state index < -0.39 is 0 Å². The van der Waals surface area contributed by atoms with Crippen LogP contribution in [0.5, 0.6) is 0 Å². The summed E-state index contributed by atoms with van der Waals surface area (Å²) in [6.07, 6.45) is 0. The van der Waals surface area contributed by atoms with Crippen LogP contribution in [0.3, 0.4) is 0 Å². The van der Waals surface area contributed by atoms with Gasteiger partial charge in [0.1, 0.15) is 0 Å². The molecule has 83 valence electrons. The summed E-state index contributed by atoms with van der Waals surface area (Å²) in [6, 6.07) is 20.8. The molecular weight excluding hydrogens is 320 g/mol. The summed E-state index contributed by atoms with van der Waals surface area (Å²) in [4.78, 5) is 0. The molecule has 2 aromatic rings. The molecule has 0 amide bonds. The Morgan fingerprint density at radius 3 is 1.25 bits per heavy atom. The third-order valence-electron chi connectivity index (χ3n) is 2.03. The molecule has 1 nitrogen and oxygen atoms in total. The van der Waals surface area contributed by atoms with Crippen molar-refractivity contribution in [3.05, 3.63) is 60.7 Å². The van der Waals surface area contributed by atoms with Gasteiger partial charge in [-0.2, -0.15) is 0 Å². The van der Waals surface area contributed by atoms with Gasteiger partial charge in [-0.15, -0.1) is 24.8 Å². The summed E-state index contributed by atoms with van der Waals surface area (Å²) in [5.74, 6) is 0. The number of nitrogens with zero attached hydrogens (tertiary/aromatic N) is 1. The normalized spacial score (nSPS) is 8.44. The number of benzene rings is 2. The summed E-state index contributed by atoms with van der Waals surface area (Å²) >= 11 is 1.38. The van der Waals surface area contributed by atoms with Crippen molar-refractivity contribution in [1.82, 2.24) is 0 Å². The summed E-state index contributed by atoms with van der Waals surface area (Å²) in [5, 5.41) is 0. The van der Waals surface area contributed by atoms with E-state index in [-0.39, 0.29) is 24.8 Å². The van der Waals surface area contributed by atoms with Crippen LogP contribution in [-0.4, -0.2) is 0 Å². The van der Waals surface area contributed by atoms with Crippen LogP contribution in [0.2, 0.25) is 0 Å². The Kier molecular flexibility index (Phi) is 7.75. The molecule has 0 bridgehead atoms. The van der Waals surface area contributed by atoms with Crippen molar-refractivity contribution in [3.63, 3.8) is 0 Å². The van der Waals surface area contributed by atoms with E-state index in [1.807, 2.05) is 12.1 Å². The minimum absolute atomic E-state index is 0. The van der Waals surface area contributed by atoms with Crippen LogP contribution in [0.15, 0.2) is 60.7 Å². The van der Waals surface area contributed by atoms with Gasteiger partial charge in [0.25, 0.3) is 0 Å². The maximum absolute atomic E-state index is 2.26. The molecule has 2 aromatic carbocycles. The fourth-order valence-electron chi connectivity index (χ4n) is 1.30. The SMILES string of the molecule is Cl.Cl.[Zr][N](c1ccccc1)c1ccccc1. The molecule has 0 N–H and O–H groups in total. The number of rotatable bonds is 2. The van der Waals surface area contributed by atoms with E-state index in [1.165, 1.54) is 36.4 Å². The molecule has 0 aliphatic heterocycles. The summed E-state index contributed by atoms with van der Waals surface area (Å²) in [5.41, 5.74) is 2.49. The van der Waals surface area contributed by atoms with Gasteiger partial charge in [0.05, 0.1) is 0 Å². The summed E-state index contributed by atoms with van der Waals surface area (Å²) in [6.45, 7) is 0. The second kappa shape index (κ2) is 7.89. The van der Waals surface area contributed by atoms with Gasteiger partial charge in [0, 0.05) is 0 Å². The predicted molar refractivity (Wildman–Crippen MR) is 69.5 cm³/mol. The molecule has 0 atom stereocenters. The zero-order chi connectivity index (χ0) is 9.80. The molecule has 0 fully saturated rings. The van der Waals surface area contributed by atoms with Crippen LogP contribution >= 0.6 is 24.8 Å². The van der Waals surface area contributed by atoms with Gasteiger partial charge < -0.3 is 0 Å². The monoisotopic (exact) mass is 330 g/mol. The van der Waals surface area contributed by atoms with E-state index in [4.69, 9.17) is 0 Å². The summed E-state index contributed by atoms with van der Waals surface area (Å²) in [7, 11) is 0. The average Bonchev–Trinajstić information content (AvgIpc) is 2.30. The topological polar surface area (TPSA) is 3.24 Å². The van der Waals surface area contributed by atoms with Crippen molar-refractivity contribution in [2.24, 2.45) is 0 Å². The predicted octanol–water partition coefficient (Wildman–Crippen LogP) is 4.13. The minimum atomic E-state index is 0. The number of hydrogen-bond donors (Lipinski definition) is 0. The van der Waals surface area contributed by atoms with Crippen molar-refractivity contribution >= 4 is 36.2 Å². The Balaban J connectivity index is 0.00000112. The number of anilines is 2. The van der Waals surface area contributed by atoms with Crippen molar-refractivity contribution in [3.8, 4) is 0 Å². The molecule has 2 rings (SSSR count). The van der Waals surface area contributed by atoms with Crippen molar-refractivity contribution < 1.29 is 25.0 Å². The van der Waals surface area contributed by atoms with Crippen LogP contribution in [0, 0.1) is 0 Å². The van der Waals surface area contributed by atoms with Crippen LogP contribution < -0.4 is 2.84 Å². The van der Waals surface area contributed by atoms with E-state index in [2.05, 4.69) is 51.4 Å². The molecule has 0 saturated carbocycles. The van der Waals surface area contributed by atoms with E-state index in [0.717, 1.165) is 0 Å². The molecule has 0 unspecified atom stereocenters. The summed E-state index contributed by atoms with van der Waals surface area (Å²) < 4.78 is 2.26. The molecule has 4 heteroatoms. The zero-order valence-corrected chi connectivity index (χ0v) is 12.6. The Labute approximate surface area is 124 Å². The first-order valence-corrected chi connectivity index (χ1v) is 5.59. The number of para-hydroxylation sites is 2. The van der Waals surface area contributed by atoms with Gasteiger partial charge in [0.2, 0.25) is 0 Å². The molecule has 0 aromatic heterocycles. The van der Waals surface area contributed by atoms with Crippen LogP contribution in [0.1, 0.15) is 0 Å². The molecule has 0 aliphatic carbocycles. The second-order valence-corrected chi connectivity index (χ2v) is 4.11. The fourth-order valence-corrected chi connectivity index (χ4v) is 2.04. The van der Waals surface area contributed by atoms with E-state index in [9.17, 15) is 0 Å². The Morgan fingerprint density at radius 1 is 0.625 bits per heavy atom. The van der Waals surface area contributed by atoms with Crippen LogP contribution in [0.25, 0.3) is 0 Å². The van der Waals surface area contributed by atoms with Gasteiger partial charge in [-0.05, 0) is 0 Å². The number of halogens is 2. The average molecular weight is 332 g/mol. The Hall–Kier alpha value is -0.297. The van der Waals surface area contributed by atoms with Crippen LogP contribution in [-0.2, 0) is 25.0 Å². The molecule has 0 radical (unpaired) electrons. The standard InChI is InChI=1S/C12H10N.2ClH.Zr/c1-3-7-11(8-4-1)13-12-9-5-2-6-10-12;;;/h1-10H;2*1H;/q-1;;;+1. The van der Waals surface area contributed by atoms with Crippen LogP contribution in [0.4, 0.5) is 11.4 Å². The van der Waals surface area contributed by atoms with Gasteiger partial charge in [-0.1, -0.05) is 0 Å². The quantitative estimate of drug-likeness (QED) is 0.799. The third kappa shape index (κ3) is 3.94. The first-order chi connectivity index (χ1) is 6.88. The van der Waals surface area contributed by atoms with Crippen molar-refractivity contribution in [2.45, 2.75) is 0 Å². The maximum atomic E-state index is 2.26. The molecule has 0 heterocycles. The molecule has 0 spiro atoms. The zero-order valence-electron chi connectivity index (χ0n) is 8.54. The molecular formula is C12H12Cl2NZr. The van der Waals surface area contributed by atoms with Gasteiger partial charge in [-0.25, -0.2) is 0 Å². The Bertz CT molecular complexity index is 355. The van der Waals surface area contributed by atoms with Crippen molar-refractivity contribution in [2.75, 3.05) is 2.84 Å². The Morgan fingerprint density at radius 2 is 0.938 bits per heavy atom. The van der Waals surface area contributed by atoms with Crippen molar-refractivity contribution in [1.29, 1.82) is 0 Å². The first-order valence-electron chi connectivity index (χ1n) is 4.49. The van der Waals surface area contributed by atoms with E-state index in [1.54, 1.807) is 0 Å². The molecule has 0 saturated heterocycles. The van der Waals surface area contributed by atoms with Gasteiger partial charge in [0.15, 0.2) is 0 Å². The first kappa shape index (κ1) is 15.7. The fraction of sp³-hybridized carbons (Fsp3) is 0. The third-order valence-corrected chi connectivity index (χ3v) is 3.30. The van der Waals surface area contributed by atoms with E-state index in [0.29, 0.717) is 0 Å². The second-order valence-electron chi connectivity index (χ2n) is 3.01.